The molecule has 0 spiro atoms. The molecule has 148 valence electrons. The number of nitrogens with zero attached hydrogens (tertiary/aromatic N) is 1. The van der Waals surface area contributed by atoms with Crippen molar-refractivity contribution in [3.8, 4) is 0 Å². The van der Waals surface area contributed by atoms with E-state index in [9.17, 15) is 9.59 Å². The van der Waals surface area contributed by atoms with Crippen LogP contribution in [-0.2, 0) is 0 Å². The maximum atomic E-state index is 13.3. The summed E-state index contributed by atoms with van der Waals surface area (Å²) in [6.45, 7) is 6.05. The highest BCUT2D eigenvalue weighted by Gasteiger charge is 2.25. The molecule has 1 fully saturated rings. The molecule has 2 N–H and O–H groups in total. The van der Waals surface area contributed by atoms with Crippen LogP contribution < -0.4 is 16.2 Å². The highest BCUT2D eigenvalue weighted by Crippen LogP contribution is 2.22. The van der Waals surface area contributed by atoms with Crippen molar-refractivity contribution in [1.82, 2.24) is 15.2 Å². The van der Waals surface area contributed by atoms with Gasteiger partial charge in [0.25, 0.3) is 11.5 Å². The number of rotatable bonds is 7. The molecule has 0 bridgehead atoms. The predicted octanol–water partition coefficient (Wildman–Crippen LogP) is 3.63. The third-order valence-electron chi connectivity index (χ3n) is 5.13. The number of pyridine rings is 1. The topological polar surface area (TPSA) is 63.1 Å². The molecule has 1 amide bonds. The summed E-state index contributed by atoms with van der Waals surface area (Å²) in [5.74, 6) is -0.124. The Morgan fingerprint density at radius 3 is 2.68 bits per heavy atom. The largest absolute Gasteiger partial charge is 0.388 e. The Kier molecular flexibility index (Phi) is 6.02. The number of carbonyl (C=O) groups excluding carboxylic acids is 1. The fourth-order valence-electron chi connectivity index (χ4n) is 3.34. The number of nitrogens with one attached hydrogen (secondary N) is 2. The molecule has 0 radical (unpaired) electrons. The molecule has 0 aliphatic heterocycles. The van der Waals surface area contributed by atoms with E-state index in [-0.39, 0.29) is 23.6 Å². The first-order chi connectivity index (χ1) is 13.4. The van der Waals surface area contributed by atoms with E-state index < -0.39 is 0 Å². The van der Waals surface area contributed by atoms with E-state index in [1.165, 1.54) is 0 Å². The highest BCUT2D eigenvalue weighted by molar-refractivity contribution is 5.95. The second-order valence-corrected chi connectivity index (χ2v) is 7.47. The number of aromatic nitrogens is 1. The Hall–Kier alpha value is -2.82. The third-order valence-corrected chi connectivity index (χ3v) is 5.13. The first-order valence-electron chi connectivity index (χ1n) is 9.96. The second-order valence-electron chi connectivity index (χ2n) is 7.47. The van der Waals surface area contributed by atoms with E-state index in [1.54, 1.807) is 23.9 Å². The Morgan fingerprint density at radius 2 is 2.07 bits per heavy atom. The van der Waals surface area contributed by atoms with Gasteiger partial charge in [0.2, 0.25) is 0 Å². The van der Waals surface area contributed by atoms with Crippen LogP contribution in [0.2, 0.25) is 0 Å². The van der Waals surface area contributed by atoms with E-state index in [0.717, 1.165) is 36.1 Å². The molecule has 5 heteroatoms. The van der Waals surface area contributed by atoms with Crippen LogP contribution in [0, 0.1) is 6.92 Å². The van der Waals surface area contributed by atoms with Gasteiger partial charge in [-0.3, -0.25) is 9.59 Å². The van der Waals surface area contributed by atoms with Crippen LogP contribution in [0.3, 0.4) is 0 Å². The maximum absolute atomic E-state index is 13.3. The monoisotopic (exact) mass is 379 g/mol. The van der Waals surface area contributed by atoms with Gasteiger partial charge in [0.05, 0.1) is 17.2 Å². The minimum atomic E-state index is -0.181. The van der Waals surface area contributed by atoms with Crippen LogP contribution in [-0.4, -0.2) is 23.6 Å². The first-order valence-corrected chi connectivity index (χ1v) is 9.96. The molecule has 0 saturated heterocycles. The Bertz CT molecular complexity index is 955. The summed E-state index contributed by atoms with van der Waals surface area (Å²) < 4.78 is 1.67. The van der Waals surface area contributed by atoms with E-state index in [0.29, 0.717) is 11.1 Å². The van der Waals surface area contributed by atoms with E-state index in [1.807, 2.05) is 45.0 Å². The zero-order valence-electron chi connectivity index (χ0n) is 17.1. The number of hydrogen-bond donors (Lipinski definition) is 2. The molecule has 28 heavy (non-hydrogen) atoms. The Balaban J connectivity index is 2.12. The summed E-state index contributed by atoms with van der Waals surface area (Å²) >= 11 is 0. The molecule has 1 atom stereocenters. The minimum Gasteiger partial charge on any atom is -0.388 e. The van der Waals surface area contributed by atoms with Crippen LogP contribution in [0.5, 0.6) is 0 Å². The van der Waals surface area contributed by atoms with Gasteiger partial charge in [0.15, 0.2) is 0 Å². The zero-order chi connectivity index (χ0) is 20.3. The number of allylic oxidation sites excluding steroid dienone is 1. The lowest BCUT2D eigenvalue weighted by molar-refractivity contribution is 0.0950. The van der Waals surface area contributed by atoms with Gasteiger partial charge in [-0.2, -0.15) is 0 Å². The van der Waals surface area contributed by atoms with Gasteiger partial charge >= 0.3 is 0 Å². The predicted molar refractivity (Wildman–Crippen MR) is 114 cm³/mol. The first kappa shape index (κ1) is 19.9. The second kappa shape index (κ2) is 8.46. The van der Waals surface area contributed by atoms with Crippen molar-refractivity contribution in [2.75, 3.05) is 7.05 Å². The third kappa shape index (κ3) is 4.35. The van der Waals surface area contributed by atoms with Gasteiger partial charge in [-0.25, -0.2) is 0 Å². The fourth-order valence-corrected chi connectivity index (χ4v) is 3.34. The number of amides is 1. The summed E-state index contributed by atoms with van der Waals surface area (Å²) in [7, 11) is 1.80. The van der Waals surface area contributed by atoms with Crippen molar-refractivity contribution in [3.05, 3.63) is 75.2 Å². The molecular weight excluding hydrogens is 350 g/mol. The smallest absolute Gasteiger partial charge is 0.260 e. The molecular formula is C23H29N3O2. The van der Waals surface area contributed by atoms with Crippen molar-refractivity contribution >= 4 is 11.6 Å². The number of aryl methyl sites for hydroxylation is 1. The normalized spacial score (nSPS) is 15.2. The van der Waals surface area contributed by atoms with Gasteiger partial charge in [0.1, 0.15) is 0 Å². The van der Waals surface area contributed by atoms with Crippen molar-refractivity contribution < 1.29 is 4.79 Å². The van der Waals surface area contributed by atoms with Crippen LogP contribution >= 0.6 is 0 Å². The Morgan fingerprint density at radius 1 is 1.32 bits per heavy atom. The lowest BCUT2D eigenvalue weighted by Crippen LogP contribution is -2.32. The van der Waals surface area contributed by atoms with Gasteiger partial charge in [-0.05, 0) is 44.7 Å². The number of carbonyl (C=O) groups is 1. The van der Waals surface area contributed by atoms with Crippen molar-refractivity contribution in [2.45, 2.75) is 52.1 Å². The summed E-state index contributed by atoms with van der Waals surface area (Å²) in [4.78, 5) is 26.0. The number of hydrogen-bond acceptors (Lipinski definition) is 3. The molecule has 1 aliphatic carbocycles. The minimum absolute atomic E-state index is 0.106. The summed E-state index contributed by atoms with van der Waals surface area (Å²) in [5.41, 5.74) is 3.86. The van der Waals surface area contributed by atoms with Crippen molar-refractivity contribution in [1.29, 1.82) is 0 Å². The summed E-state index contributed by atoms with van der Waals surface area (Å²) in [5, 5.41) is 6.14. The molecule has 2 aromatic rings. The average Bonchev–Trinajstić information content (AvgIpc) is 3.50. The molecule has 5 nitrogen and oxygen atoms in total. The molecule has 1 aromatic carbocycles. The van der Waals surface area contributed by atoms with E-state index >= 15 is 0 Å². The van der Waals surface area contributed by atoms with Crippen LogP contribution in [0.4, 0.5) is 0 Å². The van der Waals surface area contributed by atoms with Crippen LogP contribution in [0.25, 0.3) is 5.70 Å². The maximum Gasteiger partial charge on any atom is 0.260 e. The average molecular weight is 380 g/mol. The standard InChI is InChI=1S/C23H29N3O2/c1-5-7-21(24-4)20-13-18(22(27)25-19-10-11-19)14-26(23(20)28)16(3)17-9-6-8-15(2)12-17/h6-9,12-14,16,19,24H,5,10-11H2,1-4H3,(H,25,27)/b21-7-. The van der Waals surface area contributed by atoms with Crippen LogP contribution in [0.15, 0.2) is 47.4 Å². The van der Waals surface area contributed by atoms with Crippen molar-refractivity contribution in [2.24, 2.45) is 0 Å². The molecule has 1 aromatic heterocycles. The molecule has 3 rings (SSSR count). The van der Waals surface area contributed by atoms with Gasteiger partial charge in [-0.1, -0.05) is 42.8 Å². The molecule has 1 unspecified atom stereocenters. The van der Waals surface area contributed by atoms with Gasteiger partial charge < -0.3 is 15.2 Å². The molecule has 1 aliphatic rings. The summed E-state index contributed by atoms with van der Waals surface area (Å²) in [6, 6.07) is 9.91. The quantitative estimate of drug-likeness (QED) is 0.772. The van der Waals surface area contributed by atoms with Gasteiger partial charge in [0, 0.05) is 25.0 Å². The lowest BCUT2D eigenvalue weighted by Gasteiger charge is -2.20. The van der Waals surface area contributed by atoms with Gasteiger partial charge in [-0.15, -0.1) is 0 Å². The SMILES string of the molecule is CC/C=C(\NC)c1cc(C(=O)NC2CC2)cn(C(C)c2cccc(C)c2)c1=O. The lowest BCUT2D eigenvalue weighted by atomic mass is 10.0. The Labute approximate surface area is 166 Å². The van der Waals surface area contributed by atoms with E-state index in [4.69, 9.17) is 0 Å². The molecule has 1 heterocycles. The van der Waals surface area contributed by atoms with Crippen molar-refractivity contribution in [3.63, 3.8) is 0 Å². The highest BCUT2D eigenvalue weighted by atomic mass is 16.2. The van der Waals surface area contributed by atoms with Crippen LogP contribution in [0.1, 0.15) is 66.2 Å². The fraction of sp³-hybridized carbons (Fsp3) is 0.391. The molecule has 1 saturated carbocycles. The van der Waals surface area contributed by atoms with E-state index in [2.05, 4.69) is 16.7 Å². The summed E-state index contributed by atoms with van der Waals surface area (Å²) in [6.07, 6.45) is 6.50. The zero-order valence-corrected chi connectivity index (χ0v) is 17.1. The number of benzene rings is 1.